The molecule has 2 aromatic carbocycles. The topological polar surface area (TPSA) is 69.3 Å². The van der Waals surface area contributed by atoms with Crippen LogP contribution in [0.25, 0.3) is 0 Å². The van der Waals surface area contributed by atoms with Crippen LogP contribution in [-0.2, 0) is 27.2 Å². The number of nitrogens with one attached hydrogen (secondary N) is 1. The van der Waals surface area contributed by atoms with E-state index in [0.717, 1.165) is 43.1 Å². The number of rotatable bonds is 14. The maximum absolute atomic E-state index is 12.3. The number of piperidine rings is 1. The van der Waals surface area contributed by atoms with Crippen molar-refractivity contribution in [1.29, 1.82) is 0 Å². The second-order valence-corrected chi connectivity index (χ2v) is 9.59. The lowest BCUT2D eigenvalue weighted by molar-refractivity contribution is -0.274. The molecule has 1 saturated carbocycles. The third-order valence-corrected chi connectivity index (χ3v) is 6.85. The Labute approximate surface area is 221 Å². The highest BCUT2D eigenvalue weighted by atomic mass is 19.4. The van der Waals surface area contributed by atoms with E-state index in [4.69, 9.17) is 14.2 Å². The van der Waals surface area contributed by atoms with Gasteiger partial charge in [0.05, 0.1) is 6.61 Å². The molecular weight excluding hydrogens is 501 g/mol. The largest absolute Gasteiger partial charge is 0.573 e. The highest BCUT2D eigenvalue weighted by Crippen LogP contribution is 2.45. The number of carbonyl (C=O) groups excluding carboxylic acids is 1. The van der Waals surface area contributed by atoms with Gasteiger partial charge < -0.3 is 24.3 Å². The number of esters is 1. The van der Waals surface area contributed by atoms with Crippen molar-refractivity contribution in [3.05, 3.63) is 59.7 Å². The number of benzene rings is 2. The number of fused-ring (bicyclic) bond motifs is 1. The van der Waals surface area contributed by atoms with E-state index in [9.17, 15) is 18.0 Å². The minimum Gasteiger partial charge on any atom is -0.492 e. The van der Waals surface area contributed by atoms with Gasteiger partial charge >= 0.3 is 12.3 Å². The molecule has 0 aromatic heterocycles. The Hall–Kier alpha value is -2.82. The van der Waals surface area contributed by atoms with Crippen molar-refractivity contribution in [2.75, 3.05) is 39.5 Å². The van der Waals surface area contributed by atoms with Gasteiger partial charge in [0.15, 0.2) is 6.10 Å². The molecule has 1 N–H and O–H groups in total. The van der Waals surface area contributed by atoms with Gasteiger partial charge in [-0.05, 0) is 61.1 Å². The van der Waals surface area contributed by atoms with Gasteiger partial charge in [-0.15, -0.1) is 13.2 Å². The zero-order valence-electron chi connectivity index (χ0n) is 21.7. The Balaban J connectivity index is 1.11. The summed E-state index contributed by atoms with van der Waals surface area (Å²) in [7, 11) is 0. The zero-order valence-corrected chi connectivity index (χ0v) is 21.7. The second-order valence-electron chi connectivity index (χ2n) is 9.59. The molecule has 38 heavy (non-hydrogen) atoms. The molecule has 208 valence electrons. The van der Waals surface area contributed by atoms with Crippen LogP contribution in [-0.4, -0.2) is 68.8 Å². The Morgan fingerprint density at radius 2 is 1.61 bits per heavy atom. The highest BCUT2D eigenvalue weighted by Gasteiger charge is 2.55. The molecule has 1 aliphatic heterocycles. The molecule has 0 spiro atoms. The molecule has 10 heteroatoms. The number of hydrogen-bond donors (Lipinski definition) is 1. The molecule has 4 rings (SSSR count). The molecule has 2 fully saturated rings. The van der Waals surface area contributed by atoms with E-state index in [0.29, 0.717) is 44.1 Å². The quantitative estimate of drug-likeness (QED) is 0.287. The first kappa shape index (κ1) is 28.2. The minimum absolute atomic E-state index is 0.197. The fraction of sp³-hybridized carbons (Fsp3) is 0.536. The molecule has 1 saturated heterocycles. The fourth-order valence-electron chi connectivity index (χ4n) is 5.08. The SMILES string of the molecule is CCOC(=O)[C@@H](Cc1ccc(OCCNC2C3CN(Cc4ccc(OC(F)(F)F)cc4)C[C@@H]32)cc1)OCC. The molecule has 7 nitrogen and oxygen atoms in total. The van der Waals surface area contributed by atoms with Crippen LogP contribution in [0.4, 0.5) is 13.2 Å². The smallest absolute Gasteiger partial charge is 0.492 e. The van der Waals surface area contributed by atoms with E-state index in [1.165, 1.54) is 12.1 Å². The molecule has 2 aliphatic rings. The Morgan fingerprint density at radius 3 is 2.21 bits per heavy atom. The van der Waals surface area contributed by atoms with Crippen LogP contribution in [0.15, 0.2) is 48.5 Å². The summed E-state index contributed by atoms with van der Waals surface area (Å²) in [6.45, 7) is 8.35. The summed E-state index contributed by atoms with van der Waals surface area (Å²) in [5.74, 6) is 1.42. The van der Waals surface area contributed by atoms with Gasteiger partial charge in [0.2, 0.25) is 0 Å². The Bertz CT molecular complexity index is 1020. The lowest BCUT2D eigenvalue weighted by Gasteiger charge is -2.20. The summed E-state index contributed by atoms with van der Waals surface area (Å²) in [4.78, 5) is 14.4. The van der Waals surface area contributed by atoms with E-state index >= 15 is 0 Å². The first-order chi connectivity index (χ1) is 18.3. The number of carbonyl (C=O) groups is 1. The lowest BCUT2D eigenvalue weighted by atomic mass is 10.1. The van der Waals surface area contributed by atoms with E-state index in [1.54, 1.807) is 19.1 Å². The van der Waals surface area contributed by atoms with Crippen LogP contribution < -0.4 is 14.8 Å². The molecule has 1 heterocycles. The van der Waals surface area contributed by atoms with Crippen molar-refractivity contribution < 1.29 is 36.9 Å². The van der Waals surface area contributed by atoms with Gasteiger partial charge in [0, 0.05) is 45.2 Å². The number of likely N-dealkylation sites (tertiary alicyclic amines) is 1. The molecule has 0 bridgehead atoms. The van der Waals surface area contributed by atoms with E-state index in [-0.39, 0.29) is 11.7 Å². The monoisotopic (exact) mass is 536 g/mol. The molecule has 0 amide bonds. The first-order valence-corrected chi connectivity index (χ1v) is 13.1. The normalized spacial score (nSPS) is 21.6. The molecular formula is C28H35F3N2O5. The van der Waals surface area contributed by atoms with Gasteiger partial charge in [0.25, 0.3) is 0 Å². The molecule has 2 unspecified atom stereocenters. The third kappa shape index (κ3) is 8.09. The van der Waals surface area contributed by atoms with Crippen molar-refractivity contribution in [3.8, 4) is 11.5 Å². The molecule has 0 radical (unpaired) electrons. The van der Waals surface area contributed by atoms with Gasteiger partial charge in [-0.25, -0.2) is 4.79 Å². The molecule has 4 atom stereocenters. The molecule has 2 aromatic rings. The average molecular weight is 537 g/mol. The summed E-state index contributed by atoms with van der Waals surface area (Å²) < 4.78 is 57.3. The number of alkyl halides is 3. The zero-order chi connectivity index (χ0) is 27.1. The van der Waals surface area contributed by atoms with Crippen LogP contribution in [0.5, 0.6) is 11.5 Å². The van der Waals surface area contributed by atoms with E-state index in [1.807, 2.05) is 31.2 Å². The number of hydrogen-bond acceptors (Lipinski definition) is 7. The summed E-state index contributed by atoms with van der Waals surface area (Å²) in [6, 6.07) is 14.2. The minimum atomic E-state index is -4.67. The van der Waals surface area contributed by atoms with Crippen molar-refractivity contribution in [2.24, 2.45) is 11.8 Å². The van der Waals surface area contributed by atoms with Crippen LogP contribution >= 0.6 is 0 Å². The molecule has 1 aliphatic carbocycles. The Kier molecular flexibility index (Phi) is 9.51. The lowest BCUT2D eigenvalue weighted by Crippen LogP contribution is -2.33. The van der Waals surface area contributed by atoms with Crippen LogP contribution in [0, 0.1) is 11.8 Å². The average Bonchev–Trinajstić information content (AvgIpc) is 3.32. The maximum Gasteiger partial charge on any atom is 0.573 e. The second kappa shape index (κ2) is 12.8. The van der Waals surface area contributed by atoms with Crippen molar-refractivity contribution in [1.82, 2.24) is 10.2 Å². The maximum atomic E-state index is 12.3. The van der Waals surface area contributed by atoms with Gasteiger partial charge in [-0.2, -0.15) is 0 Å². The summed E-state index contributed by atoms with van der Waals surface area (Å²) in [6.07, 6.45) is -4.83. The predicted molar refractivity (Wildman–Crippen MR) is 135 cm³/mol. The number of nitrogens with zero attached hydrogens (tertiary/aromatic N) is 1. The van der Waals surface area contributed by atoms with Crippen molar-refractivity contribution in [3.63, 3.8) is 0 Å². The number of ether oxygens (including phenoxy) is 4. The van der Waals surface area contributed by atoms with Gasteiger partial charge in [0.1, 0.15) is 18.1 Å². The first-order valence-electron chi connectivity index (χ1n) is 13.1. The highest BCUT2D eigenvalue weighted by molar-refractivity contribution is 5.75. The summed E-state index contributed by atoms with van der Waals surface area (Å²) >= 11 is 0. The van der Waals surface area contributed by atoms with Crippen molar-refractivity contribution >= 4 is 5.97 Å². The third-order valence-electron chi connectivity index (χ3n) is 6.85. The predicted octanol–water partition coefficient (Wildman–Crippen LogP) is 4.19. The summed E-state index contributed by atoms with van der Waals surface area (Å²) in [5.41, 5.74) is 1.95. The standard InChI is InChI=1S/C28H35F3N2O5/c1-3-35-25(27(34)36-4-2)15-19-5-9-21(10-6-19)37-14-13-32-26-23-17-33(18-24(23)26)16-20-7-11-22(12-8-20)38-28(29,30)31/h5-12,23-26,32H,3-4,13-18H2,1-2H3/t23-,24?,25+,26?/m0/s1. The van der Waals surface area contributed by atoms with Gasteiger partial charge in [-0.3, -0.25) is 4.90 Å². The van der Waals surface area contributed by atoms with Crippen LogP contribution in [0.2, 0.25) is 0 Å². The van der Waals surface area contributed by atoms with Crippen molar-refractivity contribution in [2.45, 2.75) is 45.3 Å². The number of halogens is 3. The van der Waals surface area contributed by atoms with Crippen LogP contribution in [0.1, 0.15) is 25.0 Å². The van der Waals surface area contributed by atoms with Gasteiger partial charge in [-0.1, -0.05) is 24.3 Å². The Morgan fingerprint density at radius 1 is 0.974 bits per heavy atom. The van der Waals surface area contributed by atoms with E-state index < -0.39 is 12.5 Å². The van der Waals surface area contributed by atoms with Crippen LogP contribution in [0.3, 0.4) is 0 Å². The van der Waals surface area contributed by atoms with E-state index in [2.05, 4.69) is 15.0 Å². The fourth-order valence-corrected chi connectivity index (χ4v) is 5.08. The summed E-state index contributed by atoms with van der Waals surface area (Å²) in [5, 5.41) is 3.58.